The molecule has 8 nitrogen and oxygen atoms in total. The largest absolute Gasteiger partial charge is 0.471 e. The van der Waals surface area contributed by atoms with Gasteiger partial charge < -0.3 is 9.47 Å². The molecule has 1 aliphatic rings. The Morgan fingerprint density at radius 3 is 2.64 bits per heavy atom. The number of benzene rings is 2. The molecule has 0 radical (unpaired) electrons. The van der Waals surface area contributed by atoms with Crippen LogP contribution in [0.1, 0.15) is 29.3 Å². The van der Waals surface area contributed by atoms with Crippen LogP contribution < -0.4 is 4.74 Å². The molecule has 0 aliphatic carbocycles. The van der Waals surface area contributed by atoms with E-state index in [-0.39, 0.29) is 40.8 Å². The number of esters is 1. The summed E-state index contributed by atoms with van der Waals surface area (Å²) >= 11 is 0. The number of hydrogen-bond donors (Lipinski definition) is 0. The fraction of sp³-hybridized carbons (Fsp3) is 0.304. The molecule has 4 rings (SSSR count). The lowest BCUT2D eigenvalue weighted by atomic mass is 10.1. The summed E-state index contributed by atoms with van der Waals surface area (Å²) in [5.74, 6) is -1.15. The van der Waals surface area contributed by atoms with Gasteiger partial charge in [0.2, 0.25) is 5.88 Å². The molecule has 1 atom stereocenters. The molecule has 2 aromatic carbocycles. The van der Waals surface area contributed by atoms with Gasteiger partial charge in [-0.25, -0.2) is 13.9 Å². The van der Waals surface area contributed by atoms with Gasteiger partial charge in [0.25, 0.3) is 10.1 Å². The average molecular weight is 475 g/mol. The van der Waals surface area contributed by atoms with Crippen LogP contribution in [-0.4, -0.2) is 43.5 Å². The maximum atomic E-state index is 14.5. The summed E-state index contributed by atoms with van der Waals surface area (Å²) in [5.41, 5.74) is 1.17. The molecule has 33 heavy (non-hydrogen) atoms. The van der Waals surface area contributed by atoms with E-state index in [4.69, 9.17) is 13.7 Å². The van der Waals surface area contributed by atoms with Gasteiger partial charge >= 0.3 is 5.97 Å². The SMILES string of the molecule is CCOC(=O)c1c(-c2ccccc2F)nn2c1OC(COS(=O)(=O)c1ccc(C)cc1)CC2. The Kier molecular flexibility index (Phi) is 6.48. The maximum absolute atomic E-state index is 14.5. The topological polar surface area (TPSA) is 96.7 Å². The van der Waals surface area contributed by atoms with Crippen molar-refractivity contribution in [3.63, 3.8) is 0 Å². The number of hydrogen-bond acceptors (Lipinski definition) is 7. The van der Waals surface area contributed by atoms with Gasteiger partial charge in [-0.15, -0.1) is 0 Å². The van der Waals surface area contributed by atoms with Gasteiger partial charge in [-0.2, -0.15) is 13.5 Å². The first-order chi connectivity index (χ1) is 15.8. The highest BCUT2D eigenvalue weighted by molar-refractivity contribution is 7.86. The van der Waals surface area contributed by atoms with Gasteiger partial charge in [0.05, 0.1) is 11.5 Å². The van der Waals surface area contributed by atoms with E-state index in [0.717, 1.165) is 5.56 Å². The Morgan fingerprint density at radius 2 is 1.94 bits per heavy atom. The fourth-order valence-electron chi connectivity index (χ4n) is 3.49. The van der Waals surface area contributed by atoms with Crippen LogP contribution in [0.4, 0.5) is 4.39 Å². The number of rotatable bonds is 7. The third-order valence-corrected chi connectivity index (χ3v) is 6.47. The van der Waals surface area contributed by atoms with Gasteiger partial charge in [0, 0.05) is 18.5 Å². The van der Waals surface area contributed by atoms with Crippen molar-refractivity contribution in [2.75, 3.05) is 13.2 Å². The highest BCUT2D eigenvalue weighted by Crippen LogP contribution is 2.35. The molecule has 1 unspecified atom stereocenters. The van der Waals surface area contributed by atoms with Crippen molar-refractivity contribution in [2.24, 2.45) is 0 Å². The Bertz CT molecular complexity index is 1270. The minimum atomic E-state index is -3.98. The number of ether oxygens (including phenoxy) is 2. The third-order valence-electron chi connectivity index (χ3n) is 5.17. The van der Waals surface area contributed by atoms with Gasteiger partial charge in [-0.3, -0.25) is 4.18 Å². The summed E-state index contributed by atoms with van der Waals surface area (Å²) in [6.45, 7) is 3.70. The van der Waals surface area contributed by atoms with E-state index in [0.29, 0.717) is 13.0 Å². The van der Waals surface area contributed by atoms with Crippen LogP contribution in [0.25, 0.3) is 11.3 Å². The van der Waals surface area contributed by atoms with Crippen LogP contribution in [0.2, 0.25) is 0 Å². The molecule has 2 heterocycles. The number of aryl methyl sites for hydroxylation is 2. The van der Waals surface area contributed by atoms with Crippen LogP contribution in [0.15, 0.2) is 53.4 Å². The van der Waals surface area contributed by atoms with Crippen molar-refractivity contribution >= 4 is 16.1 Å². The normalized spacial score (nSPS) is 15.5. The third kappa shape index (κ3) is 4.76. The van der Waals surface area contributed by atoms with E-state index in [2.05, 4.69) is 5.10 Å². The van der Waals surface area contributed by atoms with Crippen molar-refractivity contribution in [2.45, 2.75) is 37.8 Å². The first-order valence-corrected chi connectivity index (χ1v) is 11.9. The summed E-state index contributed by atoms with van der Waals surface area (Å²) < 4.78 is 57.2. The minimum absolute atomic E-state index is 0.00644. The van der Waals surface area contributed by atoms with Crippen LogP contribution in [0, 0.1) is 12.7 Å². The molecular weight excluding hydrogens is 451 g/mol. The van der Waals surface area contributed by atoms with Gasteiger partial charge in [-0.05, 0) is 38.1 Å². The van der Waals surface area contributed by atoms with Gasteiger partial charge in [0.1, 0.15) is 29.8 Å². The Labute approximate surface area is 191 Å². The number of carbonyl (C=O) groups is 1. The second-order valence-corrected chi connectivity index (χ2v) is 9.15. The smallest absolute Gasteiger partial charge is 0.345 e. The molecule has 10 heteroatoms. The molecule has 0 saturated heterocycles. The summed E-state index contributed by atoms with van der Waals surface area (Å²) in [6, 6.07) is 12.3. The van der Waals surface area contributed by atoms with E-state index in [1.165, 1.54) is 35.0 Å². The van der Waals surface area contributed by atoms with E-state index in [1.807, 2.05) is 6.92 Å². The van der Waals surface area contributed by atoms with Crippen LogP contribution in [-0.2, 0) is 25.6 Å². The van der Waals surface area contributed by atoms with Gasteiger partial charge in [0.15, 0.2) is 0 Å². The summed E-state index contributed by atoms with van der Waals surface area (Å²) in [7, 11) is -3.98. The minimum Gasteiger partial charge on any atom is -0.471 e. The molecule has 3 aromatic rings. The lowest BCUT2D eigenvalue weighted by molar-refractivity contribution is 0.0498. The van der Waals surface area contributed by atoms with E-state index < -0.39 is 28.0 Å². The lowest BCUT2D eigenvalue weighted by Crippen LogP contribution is -2.32. The second kappa shape index (κ2) is 9.32. The molecule has 1 aromatic heterocycles. The number of halogens is 1. The number of fused-ring (bicyclic) bond motifs is 1. The molecule has 0 N–H and O–H groups in total. The standard InChI is InChI=1S/C23H23FN2O6S/c1-3-30-23(27)20-21(18-6-4-5-7-19(18)24)25-26-13-12-16(32-22(20)26)14-31-33(28,29)17-10-8-15(2)9-11-17/h4-11,16H,3,12-14H2,1-2H3. The Morgan fingerprint density at radius 1 is 1.21 bits per heavy atom. The number of carbonyl (C=O) groups excluding carboxylic acids is 1. The van der Waals surface area contributed by atoms with Crippen molar-refractivity contribution < 1.29 is 31.3 Å². The quantitative estimate of drug-likeness (QED) is 0.380. The Hall–Kier alpha value is -3.24. The summed E-state index contributed by atoms with van der Waals surface area (Å²) in [6.07, 6.45) is -0.270. The molecule has 0 spiro atoms. The highest BCUT2D eigenvalue weighted by Gasteiger charge is 2.33. The zero-order chi connectivity index (χ0) is 23.6. The van der Waals surface area contributed by atoms with E-state index >= 15 is 0 Å². The van der Waals surface area contributed by atoms with Crippen molar-refractivity contribution in [3.05, 3.63) is 65.5 Å². The van der Waals surface area contributed by atoms with Gasteiger partial charge in [-0.1, -0.05) is 29.8 Å². The highest BCUT2D eigenvalue weighted by atomic mass is 32.2. The van der Waals surface area contributed by atoms with Crippen LogP contribution in [0.3, 0.4) is 0 Å². The van der Waals surface area contributed by atoms with Crippen molar-refractivity contribution in [1.29, 1.82) is 0 Å². The number of aromatic nitrogens is 2. The number of nitrogens with zero attached hydrogens (tertiary/aromatic N) is 2. The molecular formula is C23H23FN2O6S. The lowest BCUT2D eigenvalue weighted by Gasteiger charge is -2.24. The zero-order valence-electron chi connectivity index (χ0n) is 18.2. The molecule has 0 bridgehead atoms. The summed E-state index contributed by atoms with van der Waals surface area (Å²) in [5, 5.41) is 4.38. The molecule has 1 aliphatic heterocycles. The van der Waals surface area contributed by atoms with Crippen LogP contribution in [0.5, 0.6) is 5.88 Å². The predicted molar refractivity (Wildman–Crippen MR) is 117 cm³/mol. The maximum Gasteiger partial charge on any atom is 0.345 e. The molecule has 174 valence electrons. The molecule has 0 saturated carbocycles. The molecule has 0 amide bonds. The Balaban J connectivity index is 1.59. The second-order valence-electron chi connectivity index (χ2n) is 7.53. The van der Waals surface area contributed by atoms with E-state index in [1.54, 1.807) is 25.1 Å². The first kappa shape index (κ1) is 22.9. The monoisotopic (exact) mass is 474 g/mol. The molecule has 0 fully saturated rings. The van der Waals surface area contributed by atoms with Crippen LogP contribution >= 0.6 is 0 Å². The average Bonchev–Trinajstić information content (AvgIpc) is 3.17. The first-order valence-electron chi connectivity index (χ1n) is 10.5. The van der Waals surface area contributed by atoms with Crippen molar-refractivity contribution in [3.8, 4) is 17.1 Å². The fourth-order valence-corrected chi connectivity index (χ4v) is 4.42. The van der Waals surface area contributed by atoms with Crippen molar-refractivity contribution in [1.82, 2.24) is 9.78 Å². The van der Waals surface area contributed by atoms with E-state index in [9.17, 15) is 17.6 Å². The summed E-state index contributed by atoms with van der Waals surface area (Å²) in [4.78, 5) is 12.8. The predicted octanol–water partition coefficient (Wildman–Crippen LogP) is 3.73. The zero-order valence-corrected chi connectivity index (χ0v) is 19.0.